The molecule has 3 rings (SSSR count). The third kappa shape index (κ3) is 2.23. The average Bonchev–Trinajstić information content (AvgIpc) is 2.48. The summed E-state index contributed by atoms with van der Waals surface area (Å²) in [6, 6.07) is 13.8. The summed E-state index contributed by atoms with van der Waals surface area (Å²) in [5.41, 5.74) is 1.68. The summed E-state index contributed by atoms with van der Waals surface area (Å²) in [6.45, 7) is 0.670. The summed E-state index contributed by atoms with van der Waals surface area (Å²) >= 11 is 0. The number of ether oxygens (including phenoxy) is 1. The highest BCUT2D eigenvalue weighted by Crippen LogP contribution is 2.34. The van der Waals surface area contributed by atoms with Crippen molar-refractivity contribution in [2.45, 2.75) is 12.5 Å². The van der Waals surface area contributed by atoms with Crippen molar-refractivity contribution in [2.75, 3.05) is 11.9 Å². The first kappa shape index (κ1) is 11.5. The first-order valence-electron chi connectivity index (χ1n) is 6.22. The van der Waals surface area contributed by atoms with Crippen molar-refractivity contribution in [2.24, 2.45) is 0 Å². The third-order valence-corrected chi connectivity index (χ3v) is 3.20. The van der Waals surface area contributed by atoms with Gasteiger partial charge in [0.15, 0.2) is 0 Å². The number of nitrogens with one attached hydrogen (secondary N) is 1. The van der Waals surface area contributed by atoms with Crippen molar-refractivity contribution < 1.29 is 4.74 Å². The second kappa shape index (κ2) is 4.99. The zero-order valence-electron chi connectivity index (χ0n) is 10.3. The standard InChI is InChI=1S/C15H13N3O/c16-10-11-4-3-8-17-15(11)18-13-7-9-19-14-6-2-1-5-12(13)14/h1-6,8,13H,7,9H2,(H,17,18). The number of aromatic nitrogens is 1. The fraction of sp³-hybridized carbons (Fsp3) is 0.200. The number of nitrogens with zero attached hydrogens (tertiary/aromatic N) is 2. The van der Waals surface area contributed by atoms with Gasteiger partial charge < -0.3 is 10.1 Å². The summed E-state index contributed by atoms with van der Waals surface area (Å²) < 4.78 is 5.62. The SMILES string of the molecule is N#Cc1cccnc1NC1CCOc2ccccc21. The zero-order chi connectivity index (χ0) is 13.1. The summed E-state index contributed by atoms with van der Waals surface area (Å²) in [5.74, 6) is 1.53. The highest BCUT2D eigenvalue weighted by atomic mass is 16.5. The van der Waals surface area contributed by atoms with Gasteiger partial charge in [0, 0.05) is 18.2 Å². The van der Waals surface area contributed by atoms with Crippen LogP contribution in [0.3, 0.4) is 0 Å². The summed E-state index contributed by atoms with van der Waals surface area (Å²) in [6.07, 6.45) is 2.55. The summed E-state index contributed by atoms with van der Waals surface area (Å²) in [7, 11) is 0. The van der Waals surface area contributed by atoms with Gasteiger partial charge in [-0.15, -0.1) is 0 Å². The molecule has 0 spiro atoms. The van der Waals surface area contributed by atoms with Crippen LogP contribution in [0.1, 0.15) is 23.6 Å². The predicted octanol–water partition coefficient (Wildman–Crippen LogP) is 2.89. The molecular formula is C15H13N3O. The molecule has 0 aliphatic carbocycles. The Morgan fingerprint density at radius 3 is 3.05 bits per heavy atom. The van der Waals surface area contributed by atoms with E-state index < -0.39 is 0 Å². The monoisotopic (exact) mass is 251 g/mol. The number of fused-ring (bicyclic) bond motifs is 1. The van der Waals surface area contributed by atoms with E-state index in [-0.39, 0.29) is 6.04 Å². The molecule has 4 nitrogen and oxygen atoms in total. The maximum absolute atomic E-state index is 9.09. The Bertz CT molecular complexity index is 633. The van der Waals surface area contributed by atoms with E-state index in [4.69, 9.17) is 10.00 Å². The van der Waals surface area contributed by atoms with Crippen LogP contribution in [0.2, 0.25) is 0 Å². The highest BCUT2D eigenvalue weighted by Gasteiger charge is 2.21. The van der Waals surface area contributed by atoms with Crippen LogP contribution in [0.5, 0.6) is 5.75 Å². The molecule has 2 heterocycles. The molecule has 0 radical (unpaired) electrons. The number of benzene rings is 1. The third-order valence-electron chi connectivity index (χ3n) is 3.20. The van der Waals surface area contributed by atoms with Crippen LogP contribution in [0.15, 0.2) is 42.6 Å². The highest BCUT2D eigenvalue weighted by molar-refractivity contribution is 5.53. The van der Waals surface area contributed by atoms with Gasteiger partial charge in [0.25, 0.3) is 0 Å². The van der Waals surface area contributed by atoms with Crippen molar-refractivity contribution in [1.82, 2.24) is 4.98 Å². The molecule has 0 saturated carbocycles. The van der Waals surface area contributed by atoms with Crippen LogP contribution in [0, 0.1) is 11.3 Å². The van der Waals surface area contributed by atoms with Crippen LogP contribution < -0.4 is 10.1 Å². The molecule has 0 fully saturated rings. The number of pyridine rings is 1. The Morgan fingerprint density at radius 1 is 1.26 bits per heavy atom. The van der Waals surface area contributed by atoms with Gasteiger partial charge in [-0.25, -0.2) is 4.98 Å². The minimum absolute atomic E-state index is 0.131. The van der Waals surface area contributed by atoms with Crippen LogP contribution in [0.25, 0.3) is 0 Å². The lowest BCUT2D eigenvalue weighted by Crippen LogP contribution is -2.21. The lowest BCUT2D eigenvalue weighted by atomic mass is 10.0. The van der Waals surface area contributed by atoms with E-state index in [1.165, 1.54) is 0 Å². The number of rotatable bonds is 2. The van der Waals surface area contributed by atoms with E-state index in [9.17, 15) is 0 Å². The van der Waals surface area contributed by atoms with Gasteiger partial charge in [-0.2, -0.15) is 5.26 Å². The predicted molar refractivity (Wildman–Crippen MR) is 71.9 cm³/mol. The Kier molecular flexibility index (Phi) is 3.03. The molecule has 0 amide bonds. The van der Waals surface area contributed by atoms with Crippen LogP contribution in [-0.2, 0) is 0 Å². The molecule has 1 aliphatic heterocycles. The van der Waals surface area contributed by atoms with Gasteiger partial charge in [-0.3, -0.25) is 0 Å². The Labute approximate surface area is 111 Å². The van der Waals surface area contributed by atoms with Crippen molar-refractivity contribution in [3.05, 3.63) is 53.7 Å². The van der Waals surface area contributed by atoms with Crippen LogP contribution in [-0.4, -0.2) is 11.6 Å². The molecule has 1 N–H and O–H groups in total. The fourth-order valence-corrected chi connectivity index (χ4v) is 2.27. The van der Waals surface area contributed by atoms with Crippen molar-refractivity contribution in [3.8, 4) is 11.8 Å². The van der Waals surface area contributed by atoms with Gasteiger partial charge in [0.2, 0.25) is 0 Å². The van der Waals surface area contributed by atoms with Gasteiger partial charge in [-0.1, -0.05) is 18.2 Å². The average molecular weight is 251 g/mol. The normalized spacial score (nSPS) is 16.9. The Morgan fingerprint density at radius 2 is 2.16 bits per heavy atom. The van der Waals surface area contributed by atoms with Crippen molar-refractivity contribution in [1.29, 1.82) is 5.26 Å². The van der Waals surface area contributed by atoms with Gasteiger partial charge in [0.05, 0.1) is 18.2 Å². The number of hydrogen-bond donors (Lipinski definition) is 1. The van der Waals surface area contributed by atoms with Crippen molar-refractivity contribution >= 4 is 5.82 Å². The summed E-state index contributed by atoms with van der Waals surface area (Å²) in [4.78, 5) is 4.24. The van der Waals surface area contributed by atoms with Crippen LogP contribution >= 0.6 is 0 Å². The Hall–Kier alpha value is -2.54. The van der Waals surface area contributed by atoms with E-state index in [0.29, 0.717) is 18.0 Å². The second-order valence-corrected chi connectivity index (χ2v) is 4.38. The molecule has 2 aromatic rings. The van der Waals surface area contributed by atoms with Gasteiger partial charge in [-0.05, 0) is 18.2 Å². The molecule has 94 valence electrons. The maximum Gasteiger partial charge on any atom is 0.144 e. The molecule has 1 unspecified atom stereocenters. The first-order valence-corrected chi connectivity index (χ1v) is 6.22. The molecule has 1 aromatic carbocycles. The lowest BCUT2D eigenvalue weighted by Gasteiger charge is -2.27. The Balaban J connectivity index is 1.91. The maximum atomic E-state index is 9.09. The molecule has 1 aliphatic rings. The number of hydrogen-bond acceptors (Lipinski definition) is 4. The van der Waals surface area contributed by atoms with Crippen molar-refractivity contribution in [3.63, 3.8) is 0 Å². The second-order valence-electron chi connectivity index (χ2n) is 4.38. The molecule has 0 bridgehead atoms. The number of anilines is 1. The number of para-hydroxylation sites is 1. The minimum Gasteiger partial charge on any atom is -0.493 e. The van der Waals surface area contributed by atoms with E-state index in [0.717, 1.165) is 17.7 Å². The van der Waals surface area contributed by atoms with E-state index >= 15 is 0 Å². The smallest absolute Gasteiger partial charge is 0.144 e. The molecule has 1 atom stereocenters. The van der Waals surface area contributed by atoms with E-state index in [1.807, 2.05) is 24.3 Å². The zero-order valence-corrected chi connectivity index (χ0v) is 10.3. The largest absolute Gasteiger partial charge is 0.493 e. The molecule has 1 aromatic heterocycles. The van der Waals surface area contributed by atoms with Gasteiger partial charge in [0.1, 0.15) is 17.6 Å². The number of nitriles is 1. The molecule has 4 heteroatoms. The topological polar surface area (TPSA) is 57.9 Å². The molecular weight excluding hydrogens is 238 g/mol. The lowest BCUT2D eigenvalue weighted by molar-refractivity contribution is 0.274. The minimum atomic E-state index is 0.131. The fourth-order valence-electron chi connectivity index (χ4n) is 2.27. The van der Waals surface area contributed by atoms with Crippen LogP contribution in [0.4, 0.5) is 5.82 Å². The first-order chi connectivity index (χ1) is 9.38. The quantitative estimate of drug-likeness (QED) is 0.891. The van der Waals surface area contributed by atoms with E-state index in [2.05, 4.69) is 16.4 Å². The van der Waals surface area contributed by atoms with Gasteiger partial charge >= 0.3 is 0 Å². The molecule has 0 saturated heterocycles. The van der Waals surface area contributed by atoms with E-state index in [1.54, 1.807) is 18.3 Å². The molecule has 19 heavy (non-hydrogen) atoms. The summed E-state index contributed by atoms with van der Waals surface area (Å²) in [5, 5.41) is 12.4.